The fraction of sp³-hybridized carbons (Fsp3) is 0.0357. The molecule has 5 rings (SSSR count). The molecular formula is C28H22N2. The lowest BCUT2D eigenvalue weighted by atomic mass is 9.91. The van der Waals surface area contributed by atoms with Gasteiger partial charge in [-0.1, -0.05) is 91.0 Å². The van der Waals surface area contributed by atoms with Crippen molar-refractivity contribution in [1.29, 1.82) is 0 Å². The predicted molar refractivity (Wildman–Crippen MR) is 125 cm³/mol. The third kappa shape index (κ3) is 3.56. The summed E-state index contributed by atoms with van der Waals surface area (Å²) in [5.41, 5.74) is 7.20. The molecule has 3 aromatic carbocycles. The van der Waals surface area contributed by atoms with E-state index in [9.17, 15) is 0 Å². The molecule has 2 nitrogen and oxygen atoms in total. The van der Waals surface area contributed by atoms with Crippen LogP contribution in [0.25, 0.3) is 11.3 Å². The Morgan fingerprint density at radius 2 is 1.17 bits per heavy atom. The van der Waals surface area contributed by atoms with Gasteiger partial charge in [0.15, 0.2) is 0 Å². The van der Waals surface area contributed by atoms with E-state index < -0.39 is 0 Å². The van der Waals surface area contributed by atoms with Crippen molar-refractivity contribution in [3.05, 3.63) is 144 Å². The Morgan fingerprint density at radius 3 is 1.80 bits per heavy atom. The van der Waals surface area contributed by atoms with Crippen molar-refractivity contribution in [2.75, 3.05) is 4.90 Å². The Kier molecular flexibility index (Phi) is 4.97. The molecular weight excluding hydrogens is 364 g/mol. The first kappa shape index (κ1) is 18.1. The van der Waals surface area contributed by atoms with Crippen LogP contribution in [0, 0.1) is 0 Å². The summed E-state index contributed by atoms with van der Waals surface area (Å²) in [6.45, 7) is 0. The molecule has 0 N–H and O–H groups in total. The van der Waals surface area contributed by atoms with Crippen LogP contribution in [0.2, 0.25) is 0 Å². The summed E-state index contributed by atoms with van der Waals surface area (Å²) in [5.74, 6) is 0. The average Bonchev–Trinajstić information content (AvgIpc) is 2.85. The minimum Gasteiger partial charge on any atom is -0.330 e. The lowest BCUT2D eigenvalue weighted by Crippen LogP contribution is -2.28. The molecule has 30 heavy (non-hydrogen) atoms. The minimum absolute atomic E-state index is 0.0732. The van der Waals surface area contributed by atoms with Gasteiger partial charge in [-0.2, -0.15) is 0 Å². The van der Waals surface area contributed by atoms with Gasteiger partial charge in [0.1, 0.15) is 0 Å². The predicted octanol–water partition coefficient (Wildman–Crippen LogP) is 6.77. The molecule has 0 fully saturated rings. The van der Waals surface area contributed by atoms with Gasteiger partial charge in [0.25, 0.3) is 0 Å². The van der Waals surface area contributed by atoms with Crippen molar-refractivity contribution in [3.63, 3.8) is 0 Å². The number of aromatic nitrogens is 1. The summed E-state index contributed by atoms with van der Waals surface area (Å²) < 4.78 is 0. The van der Waals surface area contributed by atoms with Gasteiger partial charge in [0, 0.05) is 23.8 Å². The molecule has 0 saturated heterocycles. The summed E-state index contributed by atoms with van der Waals surface area (Å²) in [5, 5.41) is 0. The number of pyridine rings is 1. The molecule has 0 amide bonds. The number of hydrogen-bond acceptors (Lipinski definition) is 2. The van der Waals surface area contributed by atoms with Crippen LogP contribution < -0.4 is 4.90 Å². The molecule has 2 heterocycles. The van der Waals surface area contributed by atoms with Gasteiger partial charge in [-0.15, -0.1) is 0 Å². The van der Waals surface area contributed by atoms with Gasteiger partial charge < -0.3 is 4.90 Å². The lowest BCUT2D eigenvalue weighted by Gasteiger charge is -2.38. The van der Waals surface area contributed by atoms with Crippen molar-refractivity contribution in [3.8, 4) is 0 Å². The Morgan fingerprint density at radius 1 is 0.600 bits per heavy atom. The zero-order valence-electron chi connectivity index (χ0n) is 16.6. The van der Waals surface area contributed by atoms with Crippen molar-refractivity contribution >= 4 is 17.0 Å². The number of nitrogens with zero attached hydrogens (tertiary/aromatic N) is 2. The zero-order chi connectivity index (χ0) is 20.2. The van der Waals surface area contributed by atoms with Crippen LogP contribution in [0.4, 0.5) is 5.69 Å². The molecule has 0 aliphatic carbocycles. The monoisotopic (exact) mass is 386 g/mol. The maximum absolute atomic E-state index is 4.24. The molecule has 1 unspecified atom stereocenters. The smallest absolute Gasteiger partial charge is 0.0784 e. The van der Waals surface area contributed by atoms with Gasteiger partial charge in [0.2, 0.25) is 0 Å². The van der Waals surface area contributed by atoms with Gasteiger partial charge in [-0.3, -0.25) is 4.98 Å². The van der Waals surface area contributed by atoms with Crippen molar-refractivity contribution < 1.29 is 0 Å². The first-order valence-corrected chi connectivity index (χ1v) is 10.2. The van der Waals surface area contributed by atoms with E-state index in [1.165, 1.54) is 28.0 Å². The van der Waals surface area contributed by atoms with E-state index in [1.807, 2.05) is 12.4 Å². The maximum atomic E-state index is 4.24. The van der Waals surface area contributed by atoms with Crippen molar-refractivity contribution in [1.82, 2.24) is 4.98 Å². The third-order valence-electron chi connectivity index (χ3n) is 5.43. The molecule has 0 saturated carbocycles. The van der Waals surface area contributed by atoms with E-state index in [-0.39, 0.29) is 6.04 Å². The van der Waals surface area contributed by atoms with E-state index in [0.29, 0.717) is 0 Å². The fourth-order valence-electron chi connectivity index (χ4n) is 4.00. The fourth-order valence-corrected chi connectivity index (χ4v) is 4.00. The van der Waals surface area contributed by atoms with E-state index in [4.69, 9.17) is 0 Å². The molecule has 4 aromatic rings. The second-order valence-electron chi connectivity index (χ2n) is 7.31. The van der Waals surface area contributed by atoms with Crippen LogP contribution >= 0.6 is 0 Å². The van der Waals surface area contributed by atoms with Gasteiger partial charge in [0.05, 0.1) is 6.04 Å². The molecule has 0 spiro atoms. The topological polar surface area (TPSA) is 16.1 Å². The standard InChI is InChI=1S/C28H22N2/c1-4-10-22(11-5-1)25-20-27(23-12-6-2-7-13-23)30(26-16-18-29-19-17-26)28(21-25)24-14-8-3-9-15-24/h1-21,27H. The second kappa shape index (κ2) is 8.22. The SMILES string of the molecule is C1=C(c2ccccc2)C=C(c2ccccc2)N(c2ccncc2)C1c1ccccc1. The van der Waals surface area contributed by atoms with Crippen LogP contribution in [0.1, 0.15) is 22.7 Å². The number of anilines is 1. The number of hydrogen-bond donors (Lipinski definition) is 0. The highest BCUT2D eigenvalue weighted by Gasteiger charge is 2.27. The highest BCUT2D eigenvalue weighted by atomic mass is 15.2. The zero-order valence-corrected chi connectivity index (χ0v) is 16.6. The minimum atomic E-state index is 0.0732. The number of benzene rings is 3. The summed E-state index contributed by atoms with van der Waals surface area (Å²) in [6.07, 6.45) is 8.37. The van der Waals surface area contributed by atoms with Crippen LogP contribution in [0.15, 0.2) is 128 Å². The van der Waals surface area contributed by atoms with Crippen LogP contribution in [0.3, 0.4) is 0 Å². The van der Waals surface area contributed by atoms with Gasteiger partial charge in [-0.25, -0.2) is 0 Å². The molecule has 0 bridgehead atoms. The van der Waals surface area contributed by atoms with Gasteiger partial charge in [-0.05, 0) is 46.5 Å². The van der Waals surface area contributed by atoms with E-state index in [1.54, 1.807) is 0 Å². The lowest BCUT2D eigenvalue weighted by molar-refractivity contribution is 0.850. The largest absolute Gasteiger partial charge is 0.330 e. The molecule has 1 aliphatic heterocycles. The highest BCUT2D eigenvalue weighted by Crippen LogP contribution is 2.42. The van der Waals surface area contributed by atoms with E-state index >= 15 is 0 Å². The number of rotatable bonds is 4. The normalized spacial score (nSPS) is 16.0. The quantitative estimate of drug-likeness (QED) is 0.385. The number of allylic oxidation sites excluding steroid dienone is 2. The summed E-state index contributed by atoms with van der Waals surface area (Å²) in [6, 6.07) is 36.1. The molecule has 1 aliphatic rings. The molecule has 144 valence electrons. The Balaban J connectivity index is 1.74. The Labute approximate surface area is 177 Å². The van der Waals surface area contributed by atoms with Crippen LogP contribution in [0.5, 0.6) is 0 Å². The van der Waals surface area contributed by atoms with Crippen molar-refractivity contribution in [2.45, 2.75) is 6.04 Å². The highest BCUT2D eigenvalue weighted by molar-refractivity contribution is 5.93. The molecule has 0 radical (unpaired) electrons. The summed E-state index contributed by atoms with van der Waals surface area (Å²) in [4.78, 5) is 6.64. The van der Waals surface area contributed by atoms with E-state index in [2.05, 4.69) is 125 Å². The molecule has 1 aromatic heterocycles. The molecule has 2 heteroatoms. The Hall–Kier alpha value is -3.91. The van der Waals surface area contributed by atoms with Gasteiger partial charge >= 0.3 is 0 Å². The van der Waals surface area contributed by atoms with E-state index in [0.717, 1.165) is 5.69 Å². The van der Waals surface area contributed by atoms with Crippen molar-refractivity contribution in [2.24, 2.45) is 0 Å². The summed E-state index contributed by atoms with van der Waals surface area (Å²) in [7, 11) is 0. The molecule has 1 atom stereocenters. The third-order valence-corrected chi connectivity index (χ3v) is 5.43. The second-order valence-corrected chi connectivity index (χ2v) is 7.31. The average molecular weight is 386 g/mol. The summed E-state index contributed by atoms with van der Waals surface area (Å²) >= 11 is 0. The maximum Gasteiger partial charge on any atom is 0.0784 e. The first-order valence-electron chi connectivity index (χ1n) is 10.2. The van der Waals surface area contributed by atoms with Crippen LogP contribution in [-0.2, 0) is 0 Å². The first-order chi connectivity index (χ1) is 14.9. The Bertz CT molecular complexity index is 1160. The van der Waals surface area contributed by atoms with Crippen LogP contribution in [-0.4, -0.2) is 4.98 Å².